The van der Waals surface area contributed by atoms with Gasteiger partial charge in [0.25, 0.3) is 5.91 Å². The molecule has 1 aromatic heterocycles. The number of amides is 1. The number of carbonyl (C=O) groups is 1. The van der Waals surface area contributed by atoms with Crippen LogP contribution in [0, 0.1) is 6.92 Å². The van der Waals surface area contributed by atoms with Crippen molar-refractivity contribution in [1.29, 1.82) is 0 Å². The Hall–Kier alpha value is -2.67. The molecule has 0 aliphatic carbocycles. The van der Waals surface area contributed by atoms with E-state index in [4.69, 9.17) is 9.26 Å². The van der Waals surface area contributed by atoms with E-state index in [1.165, 1.54) is 0 Å². The molecule has 0 radical (unpaired) electrons. The third-order valence-electron chi connectivity index (χ3n) is 3.69. The molecular formula is C19H18BrN3O3. The molecule has 1 unspecified atom stereocenters. The van der Waals surface area contributed by atoms with Crippen LogP contribution in [0.3, 0.4) is 0 Å². The molecule has 0 bridgehead atoms. The number of carbonyl (C=O) groups excluding carboxylic acids is 1. The van der Waals surface area contributed by atoms with Crippen LogP contribution in [0.1, 0.15) is 18.4 Å². The monoisotopic (exact) mass is 415 g/mol. The number of hydrogen-bond acceptors (Lipinski definition) is 5. The van der Waals surface area contributed by atoms with Gasteiger partial charge in [-0.25, -0.2) is 0 Å². The summed E-state index contributed by atoms with van der Waals surface area (Å²) in [6.45, 7) is 3.84. The van der Waals surface area contributed by atoms with Gasteiger partial charge in [0.05, 0.1) is 6.54 Å². The van der Waals surface area contributed by atoms with Gasteiger partial charge in [0.1, 0.15) is 5.75 Å². The van der Waals surface area contributed by atoms with Crippen LogP contribution in [-0.4, -0.2) is 22.2 Å². The van der Waals surface area contributed by atoms with Crippen LogP contribution in [0.2, 0.25) is 0 Å². The quantitative estimate of drug-likeness (QED) is 0.660. The second kappa shape index (κ2) is 8.14. The van der Waals surface area contributed by atoms with Gasteiger partial charge in [-0.1, -0.05) is 50.9 Å². The van der Waals surface area contributed by atoms with Gasteiger partial charge in [-0.05, 0) is 38.1 Å². The summed E-state index contributed by atoms with van der Waals surface area (Å²) >= 11 is 3.36. The Morgan fingerprint density at radius 3 is 2.58 bits per heavy atom. The van der Waals surface area contributed by atoms with Crippen LogP contribution < -0.4 is 10.1 Å². The summed E-state index contributed by atoms with van der Waals surface area (Å²) in [5.74, 6) is 1.19. The number of aromatic nitrogens is 2. The zero-order valence-electron chi connectivity index (χ0n) is 14.4. The fraction of sp³-hybridized carbons (Fsp3) is 0.211. The normalized spacial score (nSPS) is 11.8. The molecule has 0 saturated carbocycles. The number of halogens is 1. The lowest BCUT2D eigenvalue weighted by molar-refractivity contribution is -0.127. The van der Waals surface area contributed by atoms with Crippen LogP contribution in [-0.2, 0) is 11.3 Å². The zero-order chi connectivity index (χ0) is 18.5. The summed E-state index contributed by atoms with van der Waals surface area (Å²) in [5, 5.41) is 6.68. The van der Waals surface area contributed by atoms with Crippen LogP contribution in [0.15, 0.2) is 57.5 Å². The number of rotatable bonds is 6. The molecule has 6 nitrogen and oxygen atoms in total. The highest BCUT2D eigenvalue weighted by Crippen LogP contribution is 2.18. The van der Waals surface area contributed by atoms with Crippen molar-refractivity contribution < 1.29 is 14.1 Å². The summed E-state index contributed by atoms with van der Waals surface area (Å²) in [6, 6.07) is 15.1. The van der Waals surface area contributed by atoms with Crippen molar-refractivity contribution in [1.82, 2.24) is 15.5 Å². The van der Waals surface area contributed by atoms with Gasteiger partial charge in [-0.15, -0.1) is 0 Å². The SMILES string of the molecule is Cc1ccc(-c2noc(CNC(=O)C(C)Oc3ccc(Br)cc3)n2)cc1. The molecule has 1 amide bonds. The van der Waals surface area contributed by atoms with Gasteiger partial charge in [0, 0.05) is 10.0 Å². The Labute approximate surface area is 159 Å². The largest absolute Gasteiger partial charge is 0.481 e. The summed E-state index contributed by atoms with van der Waals surface area (Å²) in [6.07, 6.45) is -0.643. The maximum atomic E-state index is 12.2. The number of aryl methyl sites for hydroxylation is 1. The molecule has 1 N–H and O–H groups in total. The van der Waals surface area contributed by atoms with Gasteiger partial charge in [-0.3, -0.25) is 4.79 Å². The van der Waals surface area contributed by atoms with Gasteiger partial charge < -0.3 is 14.6 Å². The number of nitrogens with zero attached hydrogens (tertiary/aromatic N) is 2. The predicted octanol–water partition coefficient (Wildman–Crippen LogP) is 3.89. The van der Waals surface area contributed by atoms with Crippen LogP contribution in [0.5, 0.6) is 5.75 Å². The summed E-state index contributed by atoms with van der Waals surface area (Å²) in [7, 11) is 0. The molecule has 0 saturated heterocycles. The molecule has 134 valence electrons. The highest BCUT2D eigenvalue weighted by molar-refractivity contribution is 9.10. The summed E-state index contributed by atoms with van der Waals surface area (Å²) in [5.41, 5.74) is 2.02. The van der Waals surface area contributed by atoms with Gasteiger partial charge in [-0.2, -0.15) is 4.98 Å². The lowest BCUT2D eigenvalue weighted by atomic mass is 10.1. The zero-order valence-corrected chi connectivity index (χ0v) is 16.0. The van der Waals surface area contributed by atoms with E-state index in [9.17, 15) is 4.79 Å². The van der Waals surface area contributed by atoms with E-state index >= 15 is 0 Å². The van der Waals surface area contributed by atoms with E-state index in [1.807, 2.05) is 43.3 Å². The molecule has 0 aliphatic rings. The highest BCUT2D eigenvalue weighted by atomic mass is 79.9. The van der Waals surface area contributed by atoms with Crippen molar-refractivity contribution >= 4 is 21.8 Å². The number of benzene rings is 2. The van der Waals surface area contributed by atoms with Crippen LogP contribution >= 0.6 is 15.9 Å². The first-order valence-electron chi connectivity index (χ1n) is 8.11. The molecule has 0 aliphatic heterocycles. The van der Waals surface area contributed by atoms with Crippen molar-refractivity contribution in [3.63, 3.8) is 0 Å². The molecule has 7 heteroatoms. The van der Waals surface area contributed by atoms with Crippen molar-refractivity contribution in [3.05, 3.63) is 64.5 Å². The minimum absolute atomic E-state index is 0.145. The topological polar surface area (TPSA) is 77.2 Å². The standard InChI is InChI=1S/C19H18BrN3O3/c1-12-3-5-14(6-4-12)18-22-17(26-23-18)11-21-19(24)13(2)25-16-9-7-15(20)8-10-16/h3-10,13H,11H2,1-2H3,(H,21,24). The van der Waals surface area contributed by atoms with E-state index in [2.05, 4.69) is 31.4 Å². The van der Waals surface area contributed by atoms with E-state index in [-0.39, 0.29) is 12.5 Å². The predicted molar refractivity (Wildman–Crippen MR) is 101 cm³/mol. The van der Waals surface area contributed by atoms with Gasteiger partial charge in [0.15, 0.2) is 6.10 Å². The van der Waals surface area contributed by atoms with Crippen molar-refractivity contribution in [2.45, 2.75) is 26.5 Å². The van der Waals surface area contributed by atoms with E-state index in [1.54, 1.807) is 19.1 Å². The molecule has 0 fully saturated rings. The average molecular weight is 416 g/mol. The van der Waals surface area contributed by atoms with Crippen LogP contribution in [0.4, 0.5) is 0 Å². The second-order valence-electron chi connectivity index (χ2n) is 5.81. The first-order chi connectivity index (χ1) is 12.5. The fourth-order valence-corrected chi connectivity index (χ4v) is 2.49. The lowest BCUT2D eigenvalue weighted by Gasteiger charge is -2.13. The summed E-state index contributed by atoms with van der Waals surface area (Å²) < 4.78 is 11.7. The minimum Gasteiger partial charge on any atom is -0.481 e. The third-order valence-corrected chi connectivity index (χ3v) is 4.22. The second-order valence-corrected chi connectivity index (χ2v) is 6.73. The molecule has 3 aromatic rings. The molecule has 1 heterocycles. The molecule has 3 rings (SSSR count). The Morgan fingerprint density at radius 2 is 1.88 bits per heavy atom. The Balaban J connectivity index is 1.54. The third kappa shape index (κ3) is 4.70. The molecule has 0 spiro atoms. The fourth-order valence-electron chi connectivity index (χ4n) is 2.22. The first kappa shape index (κ1) is 18.1. The summed E-state index contributed by atoms with van der Waals surface area (Å²) in [4.78, 5) is 16.5. The Bertz CT molecular complexity index is 876. The first-order valence-corrected chi connectivity index (χ1v) is 8.90. The highest BCUT2D eigenvalue weighted by Gasteiger charge is 2.16. The Kier molecular flexibility index (Phi) is 5.68. The molecular weight excluding hydrogens is 398 g/mol. The average Bonchev–Trinajstić information content (AvgIpc) is 3.11. The van der Waals surface area contributed by atoms with E-state index in [0.29, 0.717) is 17.5 Å². The molecule has 2 aromatic carbocycles. The van der Waals surface area contributed by atoms with E-state index in [0.717, 1.165) is 15.6 Å². The van der Waals surface area contributed by atoms with Crippen LogP contribution in [0.25, 0.3) is 11.4 Å². The maximum Gasteiger partial charge on any atom is 0.261 e. The van der Waals surface area contributed by atoms with Gasteiger partial charge >= 0.3 is 0 Å². The number of nitrogens with one attached hydrogen (secondary N) is 1. The lowest BCUT2D eigenvalue weighted by Crippen LogP contribution is -2.35. The van der Waals surface area contributed by atoms with Gasteiger partial charge in [0.2, 0.25) is 11.7 Å². The van der Waals surface area contributed by atoms with E-state index < -0.39 is 6.10 Å². The number of hydrogen-bond donors (Lipinski definition) is 1. The van der Waals surface area contributed by atoms with Crippen molar-refractivity contribution in [3.8, 4) is 17.1 Å². The molecule has 26 heavy (non-hydrogen) atoms. The Morgan fingerprint density at radius 1 is 1.19 bits per heavy atom. The minimum atomic E-state index is -0.643. The molecule has 1 atom stereocenters. The van der Waals surface area contributed by atoms with Crippen molar-refractivity contribution in [2.24, 2.45) is 0 Å². The number of ether oxygens (including phenoxy) is 1. The maximum absolute atomic E-state index is 12.2. The van der Waals surface area contributed by atoms with Crippen molar-refractivity contribution in [2.75, 3.05) is 0 Å². The smallest absolute Gasteiger partial charge is 0.261 e.